The van der Waals surface area contributed by atoms with Gasteiger partial charge in [-0.3, -0.25) is 0 Å². The maximum absolute atomic E-state index is 5.86. The van der Waals surface area contributed by atoms with Crippen molar-refractivity contribution < 1.29 is 9.31 Å². The van der Waals surface area contributed by atoms with Gasteiger partial charge in [0, 0.05) is 5.82 Å². The van der Waals surface area contributed by atoms with E-state index in [0.717, 1.165) is 11.5 Å². The molecule has 0 saturated carbocycles. The number of benzene rings is 2. The molecule has 0 amide bonds. The van der Waals surface area contributed by atoms with E-state index in [1.54, 1.807) is 0 Å². The number of rotatable bonds is 5. The summed E-state index contributed by atoms with van der Waals surface area (Å²) in [5, 5.41) is 0. The van der Waals surface area contributed by atoms with Crippen molar-refractivity contribution in [2.45, 2.75) is 19.7 Å². The van der Waals surface area contributed by atoms with Gasteiger partial charge in [0.15, 0.2) is 0 Å². The molecule has 2 rings (SSSR count). The van der Waals surface area contributed by atoms with E-state index in [4.69, 9.17) is 9.31 Å². The summed E-state index contributed by atoms with van der Waals surface area (Å²) in [6, 6.07) is 19.5. The number of hydrogen-bond donors (Lipinski definition) is 0. The molecule has 2 aromatic rings. The van der Waals surface area contributed by atoms with Gasteiger partial charge < -0.3 is 9.31 Å². The van der Waals surface area contributed by atoms with Crippen LogP contribution in [0.25, 0.3) is 0 Å². The van der Waals surface area contributed by atoms with Gasteiger partial charge in [-0.15, -0.1) is 0 Å². The average Bonchev–Trinajstić information content (AvgIpc) is 2.40. The Morgan fingerprint density at radius 2 is 1.11 bits per heavy atom. The van der Waals surface area contributed by atoms with Crippen LogP contribution < -0.4 is 9.31 Å². The van der Waals surface area contributed by atoms with Crippen LogP contribution in [0.2, 0.25) is 5.82 Å². The summed E-state index contributed by atoms with van der Waals surface area (Å²) >= 11 is 0. The highest BCUT2D eigenvalue weighted by atomic mass is 16.6. The van der Waals surface area contributed by atoms with Gasteiger partial charge in [-0.25, -0.2) is 0 Å². The largest absolute Gasteiger partial charge is 0.597 e. The van der Waals surface area contributed by atoms with E-state index in [-0.39, 0.29) is 12.9 Å². The molecule has 2 aromatic carbocycles. The zero-order valence-corrected chi connectivity index (χ0v) is 10.7. The van der Waals surface area contributed by atoms with Crippen molar-refractivity contribution in [3.63, 3.8) is 0 Å². The van der Waals surface area contributed by atoms with Crippen molar-refractivity contribution in [1.29, 1.82) is 0 Å². The average molecular weight is 240 g/mol. The summed E-state index contributed by atoms with van der Waals surface area (Å²) in [6.07, 6.45) is 0. The lowest BCUT2D eigenvalue weighted by molar-refractivity contribution is 0.409. The molecule has 0 radical (unpaired) electrons. The monoisotopic (exact) mass is 240 g/mol. The fraction of sp³-hybridized carbons (Fsp3) is 0.200. The molecule has 92 valence electrons. The topological polar surface area (TPSA) is 18.5 Å². The molecule has 0 saturated heterocycles. The van der Waals surface area contributed by atoms with Crippen LogP contribution in [-0.4, -0.2) is 7.12 Å². The minimum absolute atomic E-state index is 0.269. The molecule has 18 heavy (non-hydrogen) atoms. The van der Waals surface area contributed by atoms with Crippen LogP contribution in [0.1, 0.15) is 13.8 Å². The molecule has 0 aromatic heterocycles. The number of hydrogen-bond acceptors (Lipinski definition) is 2. The molecule has 0 unspecified atom stereocenters. The maximum Gasteiger partial charge on any atom is 0.597 e. The maximum atomic E-state index is 5.86. The van der Waals surface area contributed by atoms with E-state index in [2.05, 4.69) is 13.8 Å². The van der Waals surface area contributed by atoms with E-state index >= 15 is 0 Å². The standard InChI is InChI=1S/C15H17BO2/c1-13(2)16(17-14-9-5-3-6-10-14)18-15-11-7-4-8-12-15/h3-13H,1-2H3. The highest BCUT2D eigenvalue weighted by molar-refractivity contribution is 6.48. The van der Waals surface area contributed by atoms with Crippen molar-refractivity contribution in [2.24, 2.45) is 0 Å². The molecule has 0 aliphatic carbocycles. The van der Waals surface area contributed by atoms with Crippen molar-refractivity contribution >= 4 is 7.12 Å². The summed E-state index contributed by atoms with van der Waals surface area (Å²) in [5.41, 5.74) is 0. The van der Waals surface area contributed by atoms with Crippen molar-refractivity contribution in [3.8, 4) is 11.5 Å². The second kappa shape index (κ2) is 6.15. The zero-order chi connectivity index (χ0) is 12.8. The van der Waals surface area contributed by atoms with Crippen molar-refractivity contribution in [3.05, 3.63) is 60.7 Å². The quantitative estimate of drug-likeness (QED) is 0.734. The van der Waals surface area contributed by atoms with Crippen molar-refractivity contribution in [1.82, 2.24) is 0 Å². The fourth-order valence-corrected chi connectivity index (χ4v) is 1.56. The van der Waals surface area contributed by atoms with E-state index < -0.39 is 0 Å². The second-order valence-corrected chi connectivity index (χ2v) is 4.47. The molecule has 2 nitrogen and oxygen atoms in total. The third-order valence-electron chi connectivity index (χ3n) is 2.54. The van der Waals surface area contributed by atoms with Crippen LogP contribution in [0.15, 0.2) is 60.7 Å². The highest BCUT2D eigenvalue weighted by Gasteiger charge is 2.27. The van der Waals surface area contributed by atoms with Gasteiger partial charge in [0.25, 0.3) is 0 Å². The predicted octanol–water partition coefficient (Wildman–Crippen LogP) is 4.04. The lowest BCUT2D eigenvalue weighted by Gasteiger charge is -2.19. The first kappa shape index (κ1) is 12.6. The smallest absolute Gasteiger partial charge is 0.526 e. The lowest BCUT2D eigenvalue weighted by Crippen LogP contribution is -2.33. The molecule has 0 heterocycles. The number of para-hydroxylation sites is 2. The van der Waals surface area contributed by atoms with Crippen LogP contribution in [0.5, 0.6) is 11.5 Å². The Kier molecular flexibility index (Phi) is 4.29. The molecule has 0 aliphatic rings. The van der Waals surface area contributed by atoms with Crippen LogP contribution in [0.4, 0.5) is 0 Å². The minimum atomic E-state index is -0.283. The molecule has 0 bridgehead atoms. The van der Waals surface area contributed by atoms with E-state index in [1.165, 1.54) is 0 Å². The SMILES string of the molecule is CC(C)B(Oc1ccccc1)Oc1ccccc1. The van der Waals surface area contributed by atoms with Crippen LogP contribution >= 0.6 is 0 Å². The van der Waals surface area contributed by atoms with Crippen molar-refractivity contribution in [2.75, 3.05) is 0 Å². The Hall–Kier alpha value is -1.90. The van der Waals surface area contributed by atoms with Gasteiger partial charge in [0.2, 0.25) is 0 Å². The molecule has 0 fully saturated rings. The Labute approximate surface area is 109 Å². The molecule has 0 spiro atoms. The predicted molar refractivity (Wildman–Crippen MR) is 75.0 cm³/mol. The third kappa shape index (κ3) is 3.55. The van der Waals surface area contributed by atoms with Gasteiger partial charge in [-0.05, 0) is 24.3 Å². The first-order valence-corrected chi connectivity index (χ1v) is 6.19. The fourth-order valence-electron chi connectivity index (χ4n) is 1.56. The Morgan fingerprint density at radius 3 is 1.44 bits per heavy atom. The van der Waals surface area contributed by atoms with E-state index in [1.807, 2.05) is 60.7 Å². The summed E-state index contributed by atoms with van der Waals surface area (Å²) in [7, 11) is -0.283. The second-order valence-electron chi connectivity index (χ2n) is 4.47. The van der Waals surface area contributed by atoms with Gasteiger partial charge >= 0.3 is 7.12 Å². The van der Waals surface area contributed by atoms with E-state index in [9.17, 15) is 0 Å². The first-order valence-electron chi connectivity index (χ1n) is 6.19. The van der Waals surface area contributed by atoms with Crippen LogP contribution in [0, 0.1) is 0 Å². The van der Waals surface area contributed by atoms with Crippen LogP contribution in [0.3, 0.4) is 0 Å². The molecule has 3 heteroatoms. The Morgan fingerprint density at radius 1 is 0.722 bits per heavy atom. The normalized spacial score (nSPS) is 10.2. The van der Waals surface area contributed by atoms with E-state index in [0.29, 0.717) is 0 Å². The molecule has 0 atom stereocenters. The summed E-state index contributed by atoms with van der Waals surface area (Å²) in [6.45, 7) is 4.16. The van der Waals surface area contributed by atoms with Gasteiger partial charge in [0.05, 0.1) is 0 Å². The Balaban J connectivity index is 2.05. The zero-order valence-electron chi connectivity index (χ0n) is 10.7. The summed E-state index contributed by atoms with van der Waals surface area (Å²) in [4.78, 5) is 0. The van der Waals surface area contributed by atoms with Gasteiger partial charge in [-0.1, -0.05) is 50.2 Å². The van der Waals surface area contributed by atoms with Gasteiger partial charge in [-0.2, -0.15) is 0 Å². The molecular weight excluding hydrogens is 223 g/mol. The molecular formula is C15H17BO2. The first-order chi connectivity index (χ1) is 8.75. The molecule has 0 N–H and O–H groups in total. The van der Waals surface area contributed by atoms with Crippen LogP contribution in [-0.2, 0) is 0 Å². The molecule has 0 aliphatic heterocycles. The Bertz CT molecular complexity index is 415. The minimum Gasteiger partial charge on any atom is -0.526 e. The van der Waals surface area contributed by atoms with Gasteiger partial charge in [0.1, 0.15) is 11.5 Å². The third-order valence-corrected chi connectivity index (χ3v) is 2.54. The summed E-state index contributed by atoms with van der Waals surface area (Å²) < 4.78 is 11.7. The summed E-state index contributed by atoms with van der Waals surface area (Å²) in [5.74, 6) is 1.92. The highest BCUT2D eigenvalue weighted by Crippen LogP contribution is 2.19. The lowest BCUT2D eigenvalue weighted by atomic mass is 9.74.